The van der Waals surface area contributed by atoms with E-state index in [0.717, 1.165) is 36.4 Å². The number of rotatable bonds is 6. The Labute approximate surface area is 196 Å². The SMILES string of the molecule is Cc1cc(C(F)(F)C(=O)O)cc(Cl)c1Oc1ccc2[nH]cc(S(=O)(=O)c3ccc(F)cc3)c2c1. The van der Waals surface area contributed by atoms with Gasteiger partial charge in [-0.3, -0.25) is 0 Å². The van der Waals surface area contributed by atoms with Crippen LogP contribution in [0.3, 0.4) is 0 Å². The van der Waals surface area contributed by atoms with Crippen molar-refractivity contribution < 1.29 is 36.2 Å². The van der Waals surface area contributed by atoms with E-state index in [-0.39, 0.29) is 37.3 Å². The minimum Gasteiger partial charge on any atom is -0.477 e. The largest absolute Gasteiger partial charge is 0.477 e. The fourth-order valence-corrected chi connectivity index (χ4v) is 5.11. The lowest BCUT2D eigenvalue weighted by molar-refractivity contribution is -0.166. The maximum atomic E-state index is 13.9. The zero-order valence-electron chi connectivity index (χ0n) is 17.3. The van der Waals surface area contributed by atoms with Crippen LogP contribution in [0.4, 0.5) is 13.2 Å². The van der Waals surface area contributed by atoms with Crippen LogP contribution < -0.4 is 4.74 Å². The molecule has 2 N–H and O–H groups in total. The minimum atomic E-state index is -4.14. The predicted molar refractivity (Wildman–Crippen MR) is 118 cm³/mol. The summed E-state index contributed by atoms with van der Waals surface area (Å²) in [4.78, 5) is 13.5. The van der Waals surface area contributed by atoms with Crippen LogP contribution in [0.5, 0.6) is 11.5 Å². The van der Waals surface area contributed by atoms with E-state index in [9.17, 15) is 26.4 Å². The molecule has 0 unspecified atom stereocenters. The number of aromatic nitrogens is 1. The second-order valence-corrected chi connectivity index (χ2v) is 9.73. The fraction of sp³-hybridized carbons (Fsp3) is 0.0870. The lowest BCUT2D eigenvalue weighted by Gasteiger charge is -2.16. The molecule has 0 spiro atoms. The molecule has 34 heavy (non-hydrogen) atoms. The molecule has 4 aromatic rings. The number of aryl methyl sites for hydroxylation is 1. The Balaban J connectivity index is 1.74. The van der Waals surface area contributed by atoms with Crippen LogP contribution >= 0.6 is 11.6 Å². The summed E-state index contributed by atoms with van der Waals surface area (Å²) in [5, 5.41) is 8.79. The molecule has 3 aromatic carbocycles. The second-order valence-electron chi connectivity index (χ2n) is 7.40. The van der Waals surface area contributed by atoms with Crippen molar-refractivity contribution in [3.63, 3.8) is 0 Å². The van der Waals surface area contributed by atoms with Crippen molar-refractivity contribution in [1.29, 1.82) is 0 Å². The van der Waals surface area contributed by atoms with Gasteiger partial charge in [-0.2, -0.15) is 8.78 Å². The molecule has 4 rings (SSSR count). The van der Waals surface area contributed by atoms with Crippen LogP contribution in [0.15, 0.2) is 70.6 Å². The van der Waals surface area contributed by atoms with Gasteiger partial charge in [0.25, 0.3) is 0 Å². The van der Waals surface area contributed by atoms with E-state index < -0.39 is 33.1 Å². The Morgan fingerprint density at radius 1 is 1.09 bits per heavy atom. The first-order valence-electron chi connectivity index (χ1n) is 9.62. The smallest absolute Gasteiger partial charge is 0.379 e. The van der Waals surface area contributed by atoms with Gasteiger partial charge in [-0.1, -0.05) is 11.6 Å². The number of carboxylic acid groups (broad SMARTS) is 1. The number of benzene rings is 3. The third kappa shape index (κ3) is 4.10. The van der Waals surface area contributed by atoms with Crippen LogP contribution in [0.2, 0.25) is 5.02 Å². The molecule has 0 aliphatic heterocycles. The molecule has 0 amide bonds. The number of hydrogen-bond donors (Lipinski definition) is 2. The van der Waals surface area contributed by atoms with Gasteiger partial charge in [0, 0.05) is 22.7 Å². The summed E-state index contributed by atoms with van der Waals surface area (Å²) in [5.41, 5.74) is -0.173. The van der Waals surface area contributed by atoms with Crippen LogP contribution in [0.25, 0.3) is 10.9 Å². The molecule has 0 radical (unpaired) electrons. The van der Waals surface area contributed by atoms with Crippen LogP contribution in [0, 0.1) is 12.7 Å². The summed E-state index contributed by atoms with van der Waals surface area (Å²) in [6.07, 6.45) is 1.30. The Morgan fingerprint density at radius 2 is 1.76 bits per heavy atom. The van der Waals surface area contributed by atoms with Gasteiger partial charge in [0.1, 0.15) is 17.3 Å². The summed E-state index contributed by atoms with van der Waals surface area (Å²) in [7, 11) is -3.99. The van der Waals surface area contributed by atoms with E-state index in [4.69, 9.17) is 21.4 Å². The topological polar surface area (TPSA) is 96.5 Å². The predicted octanol–water partition coefficient (Wildman–Crippen LogP) is 6.07. The quantitative estimate of drug-likeness (QED) is 0.307. The van der Waals surface area contributed by atoms with Crippen LogP contribution in [-0.4, -0.2) is 24.5 Å². The van der Waals surface area contributed by atoms with E-state index in [0.29, 0.717) is 5.52 Å². The molecule has 0 atom stereocenters. The van der Waals surface area contributed by atoms with Crippen molar-refractivity contribution >= 4 is 38.3 Å². The molecule has 0 saturated heterocycles. The number of alkyl halides is 2. The summed E-state index contributed by atoms with van der Waals surface area (Å²) in [6, 6.07) is 10.6. The molecule has 0 saturated carbocycles. The van der Waals surface area contributed by atoms with Crippen molar-refractivity contribution in [2.24, 2.45) is 0 Å². The highest BCUT2D eigenvalue weighted by atomic mass is 35.5. The highest BCUT2D eigenvalue weighted by Crippen LogP contribution is 2.40. The number of sulfone groups is 1. The second kappa shape index (κ2) is 8.37. The van der Waals surface area contributed by atoms with Crippen molar-refractivity contribution in [2.45, 2.75) is 22.6 Å². The van der Waals surface area contributed by atoms with E-state index in [2.05, 4.69) is 4.98 Å². The molecule has 11 heteroatoms. The third-order valence-corrected chi connectivity index (χ3v) is 7.20. The van der Waals surface area contributed by atoms with Gasteiger partial charge in [0.2, 0.25) is 9.84 Å². The minimum absolute atomic E-state index is 0.00410. The summed E-state index contributed by atoms with van der Waals surface area (Å²) in [6.45, 7) is 1.42. The number of nitrogens with one attached hydrogen (secondary N) is 1. The maximum Gasteiger partial charge on any atom is 0.379 e. The molecular weight excluding hydrogens is 495 g/mol. The van der Waals surface area contributed by atoms with Crippen LogP contribution in [-0.2, 0) is 20.6 Å². The first kappa shape index (κ1) is 23.7. The Hall–Kier alpha value is -3.50. The standard InChI is InChI=1S/C23H15ClF3NO5S/c1-12-8-13(23(26,27)22(29)30)9-18(24)21(12)33-15-4-7-19-17(10-15)20(11-28-19)34(31,32)16-5-2-14(25)3-6-16/h2-11,28H,1H3,(H,29,30). The Morgan fingerprint density at radius 3 is 2.38 bits per heavy atom. The highest BCUT2D eigenvalue weighted by molar-refractivity contribution is 7.91. The molecular formula is C23H15ClF3NO5S. The molecule has 0 fully saturated rings. The molecule has 1 heterocycles. The number of aliphatic carboxylic acids is 1. The zero-order valence-corrected chi connectivity index (χ0v) is 18.8. The number of carbonyl (C=O) groups is 1. The molecule has 0 aliphatic carbocycles. The summed E-state index contributed by atoms with van der Waals surface area (Å²) >= 11 is 6.11. The average molecular weight is 510 g/mol. The molecule has 0 aliphatic rings. The van der Waals surface area contributed by atoms with Crippen molar-refractivity contribution in [2.75, 3.05) is 0 Å². The van der Waals surface area contributed by atoms with Crippen molar-refractivity contribution in [3.8, 4) is 11.5 Å². The van der Waals surface area contributed by atoms with Gasteiger partial charge in [-0.25, -0.2) is 17.6 Å². The van der Waals surface area contributed by atoms with E-state index >= 15 is 0 Å². The number of fused-ring (bicyclic) bond motifs is 1. The number of hydrogen-bond acceptors (Lipinski definition) is 4. The van der Waals surface area contributed by atoms with Gasteiger partial charge in [-0.15, -0.1) is 0 Å². The van der Waals surface area contributed by atoms with Crippen LogP contribution in [0.1, 0.15) is 11.1 Å². The monoisotopic (exact) mass is 509 g/mol. The fourth-order valence-electron chi connectivity index (χ4n) is 3.38. The van der Waals surface area contributed by atoms with Gasteiger partial charge < -0.3 is 14.8 Å². The van der Waals surface area contributed by atoms with Crippen molar-refractivity contribution in [1.82, 2.24) is 4.98 Å². The number of H-pyrrole nitrogens is 1. The molecule has 176 valence electrons. The normalized spacial score (nSPS) is 12.1. The highest BCUT2D eigenvalue weighted by Gasteiger charge is 2.41. The van der Waals surface area contributed by atoms with Crippen molar-refractivity contribution in [3.05, 3.63) is 82.8 Å². The molecule has 0 bridgehead atoms. The van der Waals surface area contributed by atoms with Gasteiger partial charge in [0.15, 0.2) is 0 Å². The number of carboxylic acids is 1. The molecule has 6 nitrogen and oxygen atoms in total. The van der Waals surface area contributed by atoms with Gasteiger partial charge in [0.05, 0.1) is 14.8 Å². The Kier molecular flexibility index (Phi) is 5.82. The summed E-state index contributed by atoms with van der Waals surface area (Å²) < 4.78 is 72.8. The van der Waals surface area contributed by atoms with E-state index in [1.807, 2.05) is 0 Å². The first-order valence-corrected chi connectivity index (χ1v) is 11.5. The zero-order chi connectivity index (χ0) is 24.8. The number of halogens is 4. The van der Waals surface area contributed by atoms with Gasteiger partial charge >= 0.3 is 11.9 Å². The van der Waals surface area contributed by atoms with Gasteiger partial charge in [-0.05, 0) is 67.1 Å². The third-order valence-electron chi connectivity index (χ3n) is 5.11. The Bertz CT molecular complexity index is 1510. The summed E-state index contributed by atoms with van der Waals surface area (Å²) in [5.74, 6) is -6.87. The average Bonchev–Trinajstić information content (AvgIpc) is 3.20. The lowest BCUT2D eigenvalue weighted by atomic mass is 10.0. The maximum absolute atomic E-state index is 13.9. The lowest BCUT2D eigenvalue weighted by Crippen LogP contribution is -2.25. The van der Waals surface area contributed by atoms with E-state index in [1.165, 1.54) is 25.3 Å². The number of aromatic amines is 1. The van der Waals surface area contributed by atoms with E-state index in [1.54, 1.807) is 6.07 Å². The first-order chi connectivity index (χ1) is 15.9. The number of ether oxygens (including phenoxy) is 1. The molecule has 1 aromatic heterocycles.